The zero-order chi connectivity index (χ0) is 19.3. The van der Waals surface area contributed by atoms with Gasteiger partial charge in [-0.2, -0.15) is 0 Å². The van der Waals surface area contributed by atoms with Gasteiger partial charge in [-0.1, -0.05) is 18.2 Å². The van der Waals surface area contributed by atoms with E-state index in [0.29, 0.717) is 5.56 Å². The first-order valence-electron chi connectivity index (χ1n) is 7.51. The molecule has 2 aromatic carbocycles. The summed E-state index contributed by atoms with van der Waals surface area (Å²) in [6, 6.07) is 7.05. The van der Waals surface area contributed by atoms with Crippen LogP contribution in [0.25, 0.3) is 0 Å². The van der Waals surface area contributed by atoms with Gasteiger partial charge in [-0.25, -0.2) is 8.78 Å². The van der Waals surface area contributed by atoms with E-state index in [-0.39, 0.29) is 17.7 Å². The Balaban J connectivity index is 2.14. The fourth-order valence-electron chi connectivity index (χ4n) is 2.27. The fraction of sp³-hybridized carbons (Fsp3) is 0.176. The summed E-state index contributed by atoms with van der Waals surface area (Å²) in [5, 5.41) is 15.4. The second-order valence-electron chi connectivity index (χ2n) is 5.39. The third-order valence-electron chi connectivity index (χ3n) is 3.60. The topological polar surface area (TPSA) is 101 Å². The quantitative estimate of drug-likeness (QED) is 0.605. The minimum absolute atomic E-state index is 0.0836. The minimum Gasteiger partial charge on any atom is -0.357 e. The highest BCUT2D eigenvalue weighted by molar-refractivity contribution is 5.89. The number of nitrogens with zero attached hydrogens (tertiary/aromatic N) is 1. The number of hydrogen-bond donors (Lipinski definition) is 2. The summed E-state index contributed by atoms with van der Waals surface area (Å²) in [5.41, 5.74) is 0.466. The van der Waals surface area contributed by atoms with E-state index < -0.39 is 34.4 Å². The van der Waals surface area contributed by atoms with Crippen molar-refractivity contribution in [3.8, 4) is 0 Å². The van der Waals surface area contributed by atoms with Gasteiger partial charge in [-0.15, -0.1) is 0 Å². The van der Waals surface area contributed by atoms with Gasteiger partial charge in [0.05, 0.1) is 11.3 Å². The molecule has 0 spiro atoms. The van der Waals surface area contributed by atoms with Crippen molar-refractivity contribution in [3.05, 3.63) is 75.3 Å². The molecule has 0 aromatic heterocycles. The Labute approximate surface area is 147 Å². The van der Waals surface area contributed by atoms with E-state index in [4.69, 9.17) is 0 Å². The maximum absolute atomic E-state index is 13.4. The number of amides is 2. The van der Waals surface area contributed by atoms with Crippen molar-refractivity contribution in [2.45, 2.75) is 12.5 Å². The Bertz CT molecular complexity index is 840. The number of rotatable bonds is 6. The summed E-state index contributed by atoms with van der Waals surface area (Å²) in [6.07, 6.45) is -0.144. The minimum atomic E-state index is -1.21. The van der Waals surface area contributed by atoms with E-state index in [1.165, 1.54) is 37.4 Å². The number of nitro groups is 1. The Hall–Kier alpha value is -3.36. The number of carbonyl (C=O) groups is 2. The van der Waals surface area contributed by atoms with Crippen LogP contribution in [0.2, 0.25) is 0 Å². The van der Waals surface area contributed by atoms with Crippen LogP contribution in [0, 0.1) is 21.7 Å². The number of nitrogens with one attached hydrogen (secondary N) is 2. The van der Waals surface area contributed by atoms with Crippen molar-refractivity contribution in [2.75, 3.05) is 7.05 Å². The van der Waals surface area contributed by atoms with Crippen molar-refractivity contribution in [1.82, 2.24) is 10.6 Å². The van der Waals surface area contributed by atoms with Crippen LogP contribution in [0.5, 0.6) is 0 Å². The van der Waals surface area contributed by atoms with Gasteiger partial charge in [0.15, 0.2) is 11.6 Å². The number of likely N-dealkylation sites (N-methyl/N-ethyl adjacent to an activating group) is 1. The normalized spacial score (nSPS) is 11.5. The van der Waals surface area contributed by atoms with E-state index in [1.807, 2.05) is 0 Å². The maximum Gasteiger partial charge on any atom is 0.269 e. The summed E-state index contributed by atoms with van der Waals surface area (Å²) in [4.78, 5) is 34.3. The predicted octanol–water partition coefficient (Wildman–Crippen LogP) is 2.02. The van der Waals surface area contributed by atoms with E-state index in [2.05, 4.69) is 10.6 Å². The molecule has 0 radical (unpaired) electrons. The molecule has 0 aliphatic heterocycles. The maximum atomic E-state index is 13.4. The van der Waals surface area contributed by atoms with Crippen molar-refractivity contribution in [2.24, 2.45) is 0 Å². The van der Waals surface area contributed by atoms with E-state index in [1.54, 1.807) is 0 Å². The molecule has 2 N–H and O–H groups in total. The van der Waals surface area contributed by atoms with Crippen LogP contribution >= 0.6 is 0 Å². The molecule has 0 aliphatic carbocycles. The first-order valence-corrected chi connectivity index (χ1v) is 7.51. The third-order valence-corrected chi connectivity index (χ3v) is 3.60. The highest BCUT2D eigenvalue weighted by Crippen LogP contribution is 2.18. The molecule has 7 nitrogen and oxygen atoms in total. The van der Waals surface area contributed by atoms with Gasteiger partial charge in [0, 0.05) is 19.2 Å². The summed E-state index contributed by atoms with van der Waals surface area (Å²) in [7, 11) is 1.34. The number of nitro benzene ring substituents is 1. The van der Waals surface area contributed by atoms with Crippen molar-refractivity contribution in [3.63, 3.8) is 0 Å². The Morgan fingerprint density at radius 3 is 2.31 bits per heavy atom. The lowest BCUT2D eigenvalue weighted by Gasteiger charge is -2.18. The summed E-state index contributed by atoms with van der Waals surface area (Å²) in [6.45, 7) is 0. The molecule has 26 heavy (non-hydrogen) atoms. The predicted molar refractivity (Wildman–Crippen MR) is 88.1 cm³/mol. The third kappa shape index (κ3) is 4.59. The molecule has 2 aromatic rings. The number of carbonyl (C=O) groups excluding carboxylic acids is 2. The van der Waals surface area contributed by atoms with Crippen LogP contribution in [-0.4, -0.2) is 23.8 Å². The number of non-ortho nitro benzene ring substituents is 1. The smallest absolute Gasteiger partial charge is 0.269 e. The average molecular weight is 363 g/mol. The molecule has 1 unspecified atom stereocenters. The molecule has 0 saturated heterocycles. The SMILES string of the molecule is CNC(=O)C(NC(=O)Cc1ccc([N+](=O)[O-])cc1)c1ccc(F)c(F)c1. The Kier molecular flexibility index (Phi) is 5.94. The molecule has 0 heterocycles. The van der Waals surface area contributed by atoms with Crippen LogP contribution in [0.1, 0.15) is 17.2 Å². The lowest BCUT2D eigenvalue weighted by atomic mass is 10.0. The van der Waals surface area contributed by atoms with Crippen LogP contribution in [0.4, 0.5) is 14.5 Å². The van der Waals surface area contributed by atoms with Gasteiger partial charge in [0.1, 0.15) is 6.04 Å². The molecule has 2 amide bonds. The van der Waals surface area contributed by atoms with Gasteiger partial charge in [-0.3, -0.25) is 19.7 Å². The largest absolute Gasteiger partial charge is 0.357 e. The molecule has 0 bridgehead atoms. The molecule has 9 heteroatoms. The van der Waals surface area contributed by atoms with Crippen molar-refractivity contribution >= 4 is 17.5 Å². The first kappa shape index (κ1) is 19.0. The molecule has 0 aliphatic rings. The molecular weight excluding hydrogens is 348 g/mol. The molecule has 1 atom stereocenters. The Morgan fingerprint density at radius 2 is 1.77 bits per heavy atom. The molecular formula is C17H15F2N3O4. The Morgan fingerprint density at radius 1 is 1.12 bits per heavy atom. The van der Waals surface area contributed by atoms with Gasteiger partial charge in [0.2, 0.25) is 11.8 Å². The highest BCUT2D eigenvalue weighted by Gasteiger charge is 2.23. The second-order valence-corrected chi connectivity index (χ2v) is 5.39. The van der Waals surface area contributed by atoms with Gasteiger partial charge < -0.3 is 10.6 Å². The monoisotopic (exact) mass is 363 g/mol. The van der Waals surface area contributed by atoms with E-state index in [0.717, 1.165) is 12.1 Å². The zero-order valence-electron chi connectivity index (χ0n) is 13.7. The first-order chi connectivity index (χ1) is 12.3. The zero-order valence-corrected chi connectivity index (χ0v) is 13.7. The van der Waals surface area contributed by atoms with Crippen LogP contribution in [0.15, 0.2) is 42.5 Å². The molecule has 0 fully saturated rings. The van der Waals surface area contributed by atoms with Crippen LogP contribution < -0.4 is 10.6 Å². The molecule has 136 valence electrons. The lowest BCUT2D eigenvalue weighted by Crippen LogP contribution is -2.39. The molecule has 0 saturated carbocycles. The van der Waals surface area contributed by atoms with Crippen LogP contribution in [0.3, 0.4) is 0 Å². The van der Waals surface area contributed by atoms with Crippen molar-refractivity contribution < 1.29 is 23.3 Å². The molecule has 2 rings (SSSR count). The number of halogens is 2. The average Bonchev–Trinajstić information content (AvgIpc) is 2.62. The van der Waals surface area contributed by atoms with E-state index in [9.17, 15) is 28.5 Å². The summed E-state index contributed by atoms with van der Waals surface area (Å²) in [5.74, 6) is -3.37. The standard InChI is InChI=1S/C17H15F2N3O4/c1-20-17(24)16(11-4-7-13(18)14(19)9-11)21-15(23)8-10-2-5-12(6-3-10)22(25)26/h2-7,9,16H,8H2,1H3,(H,20,24)(H,21,23). The van der Waals surface area contributed by atoms with Gasteiger partial charge >= 0.3 is 0 Å². The lowest BCUT2D eigenvalue weighted by molar-refractivity contribution is -0.384. The van der Waals surface area contributed by atoms with E-state index >= 15 is 0 Å². The van der Waals surface area contributed by atoms with Gasteiger partial charge in [0.25, 0.3) is 5.69 Å². The summed E-state index contributed by atoms with van der Waals surface area (Å²) >= 11 is 0. The highest BCUT2D eigenvalue weighted by atomic mass is 19.2. The fourth-order valence-corrected chi connectivity index (χ4v) is 2.27. The summed E-state index contributed by atoms with van der Waals surface area (Å²) < 4.78 is 26.5. The van der Waals surface area contributed by atoms with Gasteiger partial charge in [-0.05, 0) is 23.3 Å². The van der Waals surface area contributed by atoms with Crippen LogP contribution in [-0.2, 0) is 16.0 Å². The number of hydrogen-bond acceptors (Lipinski definition) is 4. The number of benzene rings is 2. The van der Waals surface area contributed by atoms with Crippen molar-refractivity contribution in [1.29, 1.82) is 0 Å². The second kappa shape index (κ2) is 8.15.